The molecule has 9 heteroatoms. The van der Waals surface area contributed by atoms with Gasteiger partial charge in [0, 0.05) is 0 Å². The quantitative estimate of drug-likeness (QED) is 0.742. The fourth-order valence-corrected chi connectivity index (χ4v) is 2.66. The third-order valence-electron chi connectivity index (χ3n) is 4.00. The highest BCUT2D eigenvalue weighted by atomic mass is 19.1. The summed E-state index contributed by atoms with van der Waals surface area (Å²) in [5.41, 5.74) is 0.597. The highest BCUT2D eigenvalue weighted by molar-refractivity contribution is 5.96. The zero-order valence-corrected chi connectivity index (χ0v) is 13.0. The van der Waals surface area contributed by atoms with E-state index in [0.29, 0.717) is 11.4 Å². The maximum atomic E-state index is 14.2. The second kappa shape index (κ2) is 6.17. The van der Waals surface area contributed by atoms with Crippen LogP contribution in [0.25, 0.3) is 0 Å². The summed E-state index contributed by atoms with van der Waals surface area (Å²) < 4.78 is 19.3. The molecule has 1 aromatic rings. The first-order valence-electron chi connectivity index (χ1n) is 7.43. The summed E-state index contributed by atoms with van der Waals surface area (Å²) in [6.07, 6.45) is -1.42. The molecule has 0 spiro atoms. The molecule has 2 saturated heterocycles. The van der Waals surface area contributed by atoms with Gasteiger partial charge in [-0.3, -0.25) is 9.69 Å². The van der Waals surface area contributed by atoms with E-state index in [-0.39, 0.29) is 32.0 Å². The fourth-order valence-electron chi connectivity index (χ4n) is 2.66. The fraction of sp³-hybridized carbons (Fsp3) is 0.400. The van der Waals surface area contributed by atoms with Crippen LogP contribution in [0.4, 0.5) is 20.6 Å². The first-order valence-corrected chi connectivity index (χ1v) is 7.43. The largest absolute Gasteiger partial charge is 0.627 e. The van der Waals surface area contributed by atoms with Crippen LogP contribution in [-0.4, -0.2) is 50.1 Å². The number of rotatable bonds is 4. The topological polar surface area (TPSA) is 94.4 Å². The lowest BCUT2D eigenvalue weighted by Gasteiger charge is -2.32. The number of ether oxygens (including phenoxy) is 1. The summed E-state index contributed by atoms with van der Waals surface area (Å²) in [5, 5.41) is 10.8. The standard InChI is InChI=1S/C15H16FN3O5/c1-9(20)19(23)8-12-7-18(15(22)24-12)10-2-3-14(13(16)4-10)17-5-11(21)6-17/h2-4,12,19H,5-8H2,1H3. The van der Waals surface area contributed by atoms with Crippen molar-refractivity contribution in [1.29, 1.82) is 0 Å². The Morgan fingerprint density at radius 1 is 1.42 bits per heavy atom. The maximum Gasteiger partial charge on any atom is 0.414 e. The molecule has 0 saturated carbocycles. The van der Waals surface area contributed by atoms with E-state index < -0.39 is 29.0 Å². The lowest BCUT2D eigenvalue weighted by molar-refractivity contribution is -0.768. The number of nitrogens with zero attached hydrogens (tertiary/aromatic N) is 2. The van der Waals surface area contributed by atoms with Gasteiger partial charge in [-0.2, -0.15) is 0 Å². The maximum absolute atomic E-state index is 14.2. The molecule has 2 aliphatic rings. The van der Waals surface area contributed by atoms with Crippen LogP contribution in [0.2, 0.25) is 0 Å². The van der Waals surface area contributed by atoms with Gasteiger partial charge in [-0.25, -0.2) is 14.0 Å². The molecule has 1 aromatic carbocycles. The molecule has 0 aliphatic carbocycles. The van der Waals surface area contributed by atoms with Gasteiger partial charge in [-0.05, 0) is 18.2 Å². The van der Waals surface area contributed by atoms with Crippen LogP contribution in [0.3, 0.4) is 0 Å². The normalized spacial score (nSPS) is 21.5. The van der Waals surface area contributed by atoms with Crippen molar-refractivity contribution in [3.63, 3.8) is 0 Å². The molecule has 2 heterocycles. The van der Waals surface area contributed by atoms with E-state index in [1.165, 1.54) is 17.0 Å². The predicted octanol–water partition coefficient (Wildman–Crippen LogP) is -0.531. The first-order chi connectivity index (χ1) is 11.3. The molecule has 0 radical (unpaired) electrons. The van der Waals surface area contributed by atoms with Crippen LogP contribution in [0.15, 0.2) is 18.2 Å². The van der Waals surface area contributed by atoms with Gasteiger partial charge in [0.25, 0.3) is 0 Å². The number of halogens is 1. The van der Waals surface area contributed by atoms with E-state index in [2.05, 4.69) is 0 Å². The third-order valence-corrected chi connectivity index (χ3v) is 4.00. The van der Waals surface area contributed by atoms with Crippen molar-refractivity contribution in [3.05, 3.63) is 29.2 Å². The third kappa shape index (κ3) is 3.08. The Morgan fingerprint density at radius 2 is 2.12 bits per heavy atom. The smallest absolute Gasteiger partial charge is 0.414 e. The second-order valence-electron chi connectivity index (χ2n) is 5.83. The Morgan fingerprint density at radius 3 is 2.71 bits per heavy atom. The number of cyclic esters (lactones) is 1. The lowest BCUT2D eigenvalue weighted by Crippen LogP contribution is -3.10. The molecule has 3 rings (SSSR count). The van der Waals surface area contributed by atoms with Crippen LogP contribution < -0.4 is 14.9 Å². The molecule has 1 N–H and O–H groups in total. The molecule has 2 amide bonds. The summed E-state index contributed by atoms with van der Waals surface area (Å²) in [6, 6.07) is 4.24. The number of ketones is 1. The lowest BCUT2D eigenvalue weighted by atomic mass is 10.1. The molecule has 0 bridgehead atoms. The van der Waals surface area contributed by atoms with Crippen molar-refractivity contribution in [3.8, 4) is 0 Å². The minimum atomic E-state index is -0.732. The number of anilines is 2. The number of hydrogen-bond acceptors (Lipinski definition) is 6. The monoisotopic (exact) mass is 337 g/mol. The number of benzene rings is 1. The number of hydroxylamine groups is 2. The van der Waals surface area contributed by atoms with E-state index in [0.717, 1.165) is 6.92 Å². The summed E-state index contributed by atoms with van der Waals surface area (Å²) in [4.78, 5) is 36.7. The summed E-state index contributed by atoms with van der Waals surface area (Å²) in [5.74, 6) is -1.10. The molecule has 2 atom stereocenters. The molecule has 1 unspecified atom stereocenters. The Kier molecular flexibility index (Phi) is 4.20. The average molecular weight is 337 g/mol. The SMILES string of the molecule is CC(=O)[N@@H+]([O-])CC1CN(c2ccc(N3CC(=O)C3)c(F)c2)C(=O)O1. The highest BCUT2D eigenvalue weighted by Gasteiger charge is 2.35. The van der Waals surface area contributed by atoms with Crippen molar-refractivity contribution < 1.29 is 28.6 Å². The molecule has 128 valence electrons. The number of hydrogen-bond donors (Lipinski definition) is 1. The number of Topliss-reactive ketones (excluding diaryl/α,β-unsaturated/α-hetero) is 1. The molecule has 2 aliphatic heterocycles. The zero-order chi connectivity index (χ0) is 17.4. The van der Waals surface area contributed by atoms with Crippen molar-refractivity contribution in [2.45, 2.75) is 13.0 Å². The van der Waals surface area contributed by atoms with Gasteiger partial charge in [0.2, 0.25) is 0 Å². The van der Waals surface area contributed by atoms with Crippen molar-refractivity contribution in [2.75, 3.05) is 36.0 Å². The molecular formula is C15H16FN3O5. The number of quaternary nitrogens is 1. The molecule has 2 fully saturated rings. The Balaban J connectivity index is 1.70. The summed E-state index contributed by atoms with van der Waals surface area (Å²) in [6.45, 7) is 1.40. The number of nitrogens with one attached hydrogen (secondary N) is 1. The Hall–Kier alpha value is -2.52. The predicted molar refractivity (Wildman–Crippen MR) is 81.1 cm³/mol. The van der Waals surface area contributed by atoms with E-state index in [4.69, 9.17) is 4.74 Å². The highest BCUT2D eigenvalue weighted by Crippen LogP contribution is 2.29. The van der Waals surface area contributed by atoms with Gasteiger partial charge in [-0.1, -0.05) is 0 Å². The summed E-state index contributed by atoms with van der Waals surface area (Å²) >= 11 is 0. The van der Waals surface area contributed by atoms with Gasteiger partial charge >= 0.3 is 12.0 Å². The van der Waals surface area contributed by atoms with Crippen LogP contribution in [0.1, 0.15) is 6.92 Å². The van der Waals surface area contributed by atoms with Gasteiger partial charge < -0.3 is 19.9 Å². The second-order valence-corrected chi connectivity index (χ2v) is 5.83. The van der Waals surface area contributed by atoms with Crippen LogP contribution in [0.5, 0.6) is 0 Å². The van der Waals surface area contributed by atoms with E-state index in [9.17, 15) is 24.0 Å². The number of carbonyl (C=O) groups is 3. The van der Waals surface area contributed by atoms with Gasteiger partial charge in [0.15, 0.2) is 11.9 Å². The molecule has 24 heavy (non-hydrogen) atoms. The van der Waals surface area contributed by atoms with Crippen LogP contribution in [-0.2, 0) is 14.3 Å². The van der Waals surface area contributed by atoms with E-state index in [1.807, 2.05) is 0 Å². The average Bonchev–Trinajstić information content (AvgIpc) is 2.84. The molecular weight excluding hydrogens is 321 g/mol. The van der Waals surface area contributed by atoms with Gasteiger partial charge in [0.1, 0.15) is 12.4 Å². The number of amides is 2. The van der Waals surface area contributed by atoms with Crippen molar-refractivity contribution in [2.24, 2.45) is 0 Å². The molecule has 0 aromatic heterocycles. The minimum Gasteiger partial charge on any atom is -0.627 e. The van der Waals surface area contributed by atoms with Crippen LogP contribution in [0, 0.1) is 11.0 Å². The minimum absolute atomic E-state index is 0.0413. The van der Waals surface area contributed by atoms with Gasteiger partial charge in [-0.15, -0.1) is 0 Å². The summed E-state index contributed by atoms with van der Waals surface area (Å²) in [7, 11) is 0. The Bertz CT molecular complexity index is 702. The van der Waals surface area contributed by atoms with Gasteiger partial charge in [0.05, 0.1) is 37.9 Å². The van der Waals surface area contributed by atoms with Crippen molar-refractivity contribution in [1.82, 2.24) is 0 Å². The van der Waals surface area contributed by atoms with E-state index >= 15 is 0 Å². The number of carbonyl (C=O) groups excluding carboxylic acids is 3. The first kappa shape index (κ1) is 16.3. The molecule has 8 nitrogen and oxygen atoms in total. The van der Waals surface area contributed by atoms with Crippen molar-refractivity contribution >= 4 is 29.2 Å². The Labute approximate surface area is 136 Å². The zero-order valence-electron chi connectivity index (χ0n) is 13.0. The van der Waals surface area contributed by atoms with Crippen LogP contribution >= 0.6 is 0 Å². The van der Waals surface area contributed by atoms with E-state index in [1.54, 1.807) is 11.0 Å².